The zero-order valence-corrected chi connectivity index (χ0v) is 11.3. The quantitative estimate of drug-likeness (QED) is 0.634. The maximum atomic E-state index is 5.69. The third-order valence-corrected chi connectivity index (χ3v) is 2.31. The van der Waals surface area contributed by atoms with Gasteiger partial charge in [0.15, 0.2) is 0 Å². The molecule has 1 atom stereocenters. The molecule has 4 nitrogen and oxygen atoms in total. The SMILES string of the molecule is COCCCOc1cccc(OC(C)COC)c1. The van der Waals surface area contributed by atoms with Crippen molar-refractivity contribution in [2.45, 2.75) is 19.4 Å². The van der Waals surface area contributed by atoms with E-state index in [-0.39, 0.29) is 6.10 Å². The van der Waals surface area contributed by atoms with E-state index in [1.54, 1.807) is 14.2 Å². The summed E-state index contributed by atoms with van der Waals surface area (Å²) in [6.45, 7) is 3.89. The summed E-state index contributed by atoms with van der Waals surface area (Å²) in [5.41, 5.74) is 0. The van der Waals surface area contributed by atoms with Gasteiger partial charge in [-0.25, -0.2) is 0 Å². The molecule has 0 N–H and O–H groups in total. The van der Waals surface area contributed by atoms with Crippen LogP contribution in [0.25, 0.3) is 0 Å². The molecule has 0 saturated heterocycles. The van der Waals surface area contributed by atoms with Crippen LogP contribution in [0, 0.1) is 0 Å². The van der Waals surface area contributed by atoms with Crippen LogP contribution < -0.4 is 9.47 Å². The first-order valence-electron chi connectivity index (χ1n) is 6.13. The Labute approximate surface area is 109 Å². The molecule has 102 valence electrons. The summed E-state index contributed by atoms with van der Waals surface area (Å²) in [5.74, 6) is 1.61. The van der Waals surface area contributed by atoms with Gasteiger partial charge in [0.2, 0.25) is 0 Å². The van der Waals surface area contributed by atoms with E-state index in [1.165, 1.54) is 0 Å². The maximum absolute atomic E-state index is 5.69. The highest BCUT2D eigenvalue weighted by atomic mass is 16.5. The molecule has 1 rings (SSSR count). The minimum atomic E-state index is 0.0266. The second-order valence-corrected chi connectivity index (χ2v) is 4.05. The Hall–Kier alpha value is -1.26. The predicted octanol–water partition coefficient (Wildman–Crippen LogP) is 2.52. The molecular formula is C14H22O4. The van der Waals surface area contributed by atoms with Crippen LogP contribution in [0.2, 0.25) is 0 Å². The van der Waals surface area contributed by atoms with Gasteiger partial charge >= 0.3 is 0 Å². The lowest BCUT2D eigenvalue weighted by Crippen LogP contribution is -2.17. The Kier molecular flexibility index (Phi) is 7.22. The smallest absolute Gasteiger partial charge is 0.123 e. The van der Waals surface area contributed by atoms with Crippen LogP contribution >= 0.6 is 0 Å². The van der Waals surface area contributed by atoms with E-state index in [2.05, 4.69) is 0 Å². The highest BCUT2D eigenvalue weighted by Gasteiger charge is 2.04. The summed E-state index contributed by atoms with van der Waals surface area (Å²) < 4.78 is 21.3. The summed E-state index contributed by atoms with van der Waals surface area (Å²) in [6, 6.07) is 7.63. The molecule has 0 spiro atoms. The van der Waals surface area contributed by atoms with Crippen LogP contribution in [-0.2, 0) is 9.47 Å². The van der Waals surface area contributed by atoms with Crippen molar-refractivity contribution in [2.75, 3.05) is 34.0 Å². The fraction of sp³-hybridized carbons (Fsp3) is 0.571. The lowest BCUT2D eigenvalue weighted by atomic mass is 10.3. The van der Waals surface area contributed by atoms with Gasteiger partial charge in [0.05, 0.1) is 13.2 Å². The Morgan fingerprint density at radius 2 is 1.83 bits per heavy atom. The van der Waals surface area contributed by atoms with E-state index < -0.39 is 0 Å². The van der Waals surface area contributed by atoms with Crippen LogP contribution in [0.1, 0.15) is 13.3 Å². The molecule has 1 unspecified atom stereocenters. The first kappa shape index (κ1) is 14.8. The summed E-state index contributed by atoms with van der Waals surface area (Å²) in [7, 11) is 3.35. The van der Waals surface area contributed by atoms with Gasteiger partial charge in [-0.05, 0) is 19.1 Å². The highest BCUT2D eigenvalue weighted by Crippen LogP contribution is 2.20. The molecule has 18 heavy (non-hydrogen) atoms. The van der Waals surface area contributed by atoms with Gasteiger partial charge in [-0.15, -0.1) is 0 Å². The largest absolute Gasteiger partial charge is 0.493 e. The molecule has 0 heterocycles. The Morgan fingerprint density at radius 3 is 2.56 bits per heavy atom. The van der Waals surface area contributed by atoms with Crippen molar-refractivity contribution >= 4 is 0 Å². The number of hydrogen-bond donors (Lipinski definition) is 0. The lowest BCUT2D eigenvalue weighted by Gasteiger charge is -2.14. The molecule has 4 heteroatoms. The van der Waals surface area contributed by atoms with Crippen LogP contribution in [0.3, 0.4) is 0 Å². The molecular weight excluding hydrogens is 232 g/mol. The molecule has 0 aromatic heterocycles. The first-order chi connectivity index (χ1) is 8.76. The van der Waals surface area contributed by atoms with E-state index in [1.807, 2.05) is 31.2 Å². The van der Waals surface area contributed by atoms with Crippen molar-refractivity contribution in [3.63, 3.8) is 0 Å². The predicted molar refractivity (Wildman–Crippen MR) is 70.4 cm³/mol. The van der Waals surface area contributed by atoms with Crippen molar-refractivity contribution in [1.29, 1.82) is 0 Å². The van der Waals surface area contributed by atoms with Crippen molar-refractivity contribution < 1.29 is 18.9 Å². The third-order valence-electron chi connectivity index (χ3n) is 2.31. The molecule has 0 bridgehead atoms. The average molecular weight is 254 g/mol. The number of benzene rings is 1. The summed E-state index contributed by atoms with van der Waals surface area (Å²) >= 11 is 0. The van der Waals surface area contributed by atoms with Gasteiger partial charge in [-0.3, -0.25) is 0 Å². The summed E-state index contributed by atoms with van der Waals surface area (Å²) in [4.78, 5) is 0. The number of hydrogen-bond acceptors (Lipinski definition) is 4. The molecule has 1 aromatic rings. The zero-order chi connectivity index (χ0) is 13.2. The molecule has 1 aromatic carbocycles. The molecule has 0 fully saturated rings. The minimum Gasteiger partial charge on any atom is -0.493 e. The van der Waals surface area contributed by atoms with Crippen molar-refractivity contribution in [3.8, 4) is 11.5 Å². The Bertz CT molecular complexity index is 327. The fourth-order valence-corrected chi connectivity index (χ4v) is 1.53. The van der Waals surface area contributed by atoms with Gasteiger partial charge in [-0.1, -0.05) is 6.07 Å². The third kappa shape index (κ3) is 5.89. The number of ether oxygens (including phenoxy) is 4. The van der Waals surface area contributed by atoms with Crippen LogP contribution in [-0.4, -0.2) is 40.1 Å². The Balaban J connectivity index is 2.41. The normalized spacial score (nSPS) is 12.2. The first-order valence-corrected chi connectivity index (χ1v) is 6.13. The number of methoxy groups -OCH3 is 2. The van der Waals surface area contributed by atoms with Crippen molar-refractivity contribution in [2.24, 2.45) is 0 Å². The second-order valence-electron chi connectivity index (χ2n) is 4.05. The molecule has 0 aliphatic rings. The van der Waals surface area contributed by atoms with Gasteiger partial charge < -0.3 is 18.9 Å². The molecule has 0 amide bonds. The molecule has 0 radical (unpaired) electrons. The van der Waals surface area contributed by atoms with E-state index in [0.29, 0.717) is 19.8 Å². The lowest BCUT2D eigenvalue weighted by molar-refractivity contribution is 0.0918. The van der Waals surface area contributed by atoms with Crippen LogP contribution in [0.15, 0.2) is 24.3 Å². The van der Waals surface area contributed by atoms with E-state index >= 15 is 0 Å². The van der Waals surface area contributed by atoms with Crippen molar-refractivity contribution in [3.05, 3.63) is 24.3 Å². The molecule has 0 aliphatic heterocycles. The van der Waals surface area contributed by atoms with Gasteiger partial charge in [0.1, 0.15) is 17.6 Å². The number of rotatable bonds is 9. The summed E-state index contributed by atoms with van der Waals surface area (Å²) in [6.07, 6.45) is 0.903. The second kappa shape index (κ2) is 8.78. The van der Waals surface area contributed by atoms with E-state index in [9.17, 15) is 0 Å². The minimum absolute atomic E-state index is 0.0266. The standard InChI is InChI=1S/C14H22O4/c1-12(11-16-3)18-14-7-4-6-13(10-14)17-9-5-8-15-2/h4,6-7,10,12H,5,8-9,11H2,1-3H3. The van der Waals surface area contributed by atoms with Gasteiger partial charge in [-0.2, -0.15) is 0 Å². The molecule has 0 aliphatic carbocycles. The van der Waals surface area contributed by atoms with E-state index in [4.69, 9.17) is 18.9 Å². The van der Waals surface area contributed by atoms with Crippen LogP contribution in [0.5, 0.6) is 11.5 Å². The van der Waals surface area contributed by atoms with Crippen LogP contribution in [0.4, 0.5) is 0 Å². The molecule has 0 saturated carbocycles. The Morgan fingerprint density at radius 1 is 1.06 bits per heavy atom. The van der Waals surface area contributed by atoms with Gasteiger partial charge in [0.25, 0.3) is 0 Å². The highest BCUT2D eigenvalue weighted by molar-refractivity contribution is 5.33. The topological polar surface area (TPSA) is 36.9 Å². The van der Waals surface area contributed by atoms with E-state index in [0.717, 1.165) is 17.9 Å². The maximum Gasteiger partial charge on any atom is 0.123 e. The fourth-order valence-electron chi connectivity index (χ4n) is 1.53. The van der Waals surface area contributed by atoms with Crippen molar-refractivity contribution in [1.82, 2.24) is 0 Å². The average Bonchev–Trinajstić information content (AvgIpc) is 2.35. The monoisotopic (exact) mass is 254 g/mol. The summed E-state index contributed by atoms with van der Waals surface area (Å²) in [5, 5.41) is 0. The zero-order valence-electron chi connectivity index (χ0n) is 11.3. The van der Waals surface area contributed by atoms with Gasteiger partial charge in [0, 0.05) is 33.3 Å².